The predicted octanol–water partition coefficient (Wildman–Crippen LogP) is 0.640. The van der Waals surface area contributed by atoms with E-state index in [4.69, 9.17) is 5.73 Å². The molecule has 2 heterocycles. The van der Waals surface area contributed by atoms with Gasteiger partial charge in [-0.2, -0.15) is 5.10 Å². The molecule has 1 aromatic rings. The van der Waals surface area contributed by atoms with Gasteiger partial charge in [-0.05, 0) is 38.1 Å². The minimum Gasteiger partial charge on any atom is -0.327 e. The Bertz CT molecular complexity index is 568. The van der Waals surface area contributed by atoms with Crippen LogP contribution in [0, 0.1) is 17.8 Å². The first-order valence-electron chi connectivity index (χ1n) is 7.92. The number of nitrogens with one attached hydrogen (secondary N) is 1. The molecule has 2 saturated carbocycles. The number of hydrogen-bond donors (Lipinski definition) is 2. The highest BCUT2D eigenvalue weighted by molar-refractivity contribution is 5.92. The van der Waals surface area contributed by atoms with Crippen LogP contribution in [0.5, 0.6) is 0 Å². The van der Waals surface area contributed by atoms with Gasteiger partial charge < -0.3 is 11.1 Å². The molecule has 3 aliphatic rings. The fourth-order valence-corrected chi connectivity index (χ4v) is 4.18. The second-order valence-electron chi connectivity index (χ2n) is 6.96. The zero-order valence-electron chi connectivity index (χ0n) is 12.5. The maximum atomic E-state index is 12.4. The van der Waals surface area contributed by atoms with Gasteiger partial charge in [0.25, 0.3) is 0 Å². The third kappa shape index (κ3) is 2.26. The third-order valence-electron chi connectivity index (χ3n) is 5.49. The topological polar surface area (TPSA) is 76.2 Å². The van der Waals surface area contributed by atoms with E-state index in [-0.39, 0.29) is 11.8 Å². The quantitative estimate of drug-likeness (QED) is 0.838. The van der Waals surface area contributed by atoms with Crippen LogP contribution in [-0.4, -0.2) is 40.2 Å². The van der Waals surface area contributed by atoms with Crippen LogP contribution in [0.4, 0.5) is 5.82 Å². The molecular weight excluding hydrogens is 266 g/mol. The molecule has 2 aliphatic carbocycles. The molecule has 6 nitrogen and oxygen atoms in total. The van der Waals surface area contributed by atoms with Crippen LogP contribution in [0.1, 0.15) is 25.0 Å². The molecule has 1 aliphatic heterocycles. The number of aromatic nitrogens is 2. The summed E-state index contributed by atoms with van der Waals surface area (Å²) in [5, 5.41) is 7.51. The number of amides is 1. The maximum Gasteiger partial charge on any atom is 0.228 e. The number of nitrogens with zero attached hydrogens (tertiary/aromatic N) is 3. The highest BCUT2D eigenvalue weighted by Gasteiger charge is 2.47. The van der Waals surface area contributed by atoms with Gasteiger partial charge in [-0.1, -0.05) is 0 Å². The Morgan fingerprint density at radius 1 is 1.38 bits per heavy atom. The van der Waals surface area contributed by atoms with Crippen molar-refractivity contribution >= 4 is 11.7 Å². The Hall–Kier alpha value is -1.40. The Kier molecular flexibility index (Phi) is 3.04. The molecule has 0 bridgehead atoms. The number of hydrogen-bond acceptors (Lipinski definition) is 4. The van der Waals surface area contributed by atoms with Crippen molar-refractivity contribution in [2.75, 3.05) is 18.9 Å². The minimum atomic E-state index is 0.120. The van der Waals surface area contributed by atoms with Crippen molar-refractivity contribution in [1.29, 1.82) is 0 Å². The second-order valence-corrected chi connectivity index (χ2v) is 6.96. The summed E-state index contributed by atoms with van der Waals surface area (Å²) in [6.07, 6.45) is 3.05. The average molecular weight is 289 g/mol. The Morgan fingerprint density at radius 3 is 3.00 bits per heavy atom. The smallest absolute Gasteiger partial charge is 0.228 e. The number of carbonyl (C=O) groups excluding carboxylic acids is 1. The summed E-state index contributed by atoms with van der Waals surface area (Å²) in [4.78, 5) is 14.7. The molecule has 0 saturated heterocycles. The van der Waals surface area contributed by atoms with E-state index in [0.29, 0.717) is 23.7 Å². The van der Waals surface area contributed by atoms with E-state index in [1.165, 1.54) is 5.69 Å². The molecule has 114 valence electrons. The molecule has 0 radical (unpaired) electrons. The molecule has 21 heavy (non-hydrogen) atoms. The van der Waals surface area contributed by atoms with Gasteiger partial charge in [0.15, 0.2) is 5.82 Å². The molecule has 1 unspecified atom stereocenters. The van der Waals surface area contributed by atoms with Gasteiger partial charge >= 0.3 is 0 Å². The van der Waals surface area contributed by atoms with Gasteiger partial charge in [0.1, 0.15) is 0 Å². The van der Waals surface area contributed by atoms with Gasteiger partial charge in [-0.3, -0.25) is 14.4 Å². The van der Waals surface area contributed by atoms with Crippen LogP contribution in [0.25, 0.3) is 0 Å². The van der Waals surface area contributed by atoms with E-state index in [2.05, 4.69) is 22.4 Å². The zero-order chi connectivity index (χ0) is 14.6. The molecule has 4 atom stereocenters. The minimum absolute atomic E-state index is 0.120. The van der Waals surface area contributed by atoms with Crippen LogP contribution in [0.3, 0.4) is 0 Å². The summed E-state index contributed by atoms with van der Waals surface area (Å²) in [5.41, 5.74) is 7.18. The van der Waals surface area contributed by atoms with Crippen LogP contribution >= 0.6 is 0 Å². The largest absolute Gasteiger partial charge is 0.327 e. The van der Waals surface area contributed by atoms with E-state index >= 15 is 0 Å². The lowest BCUT2D eigenvalue weighted by molar-refractivity contribution is -0.119. The second kappa shape index (κ2) is 4.81. The Labute approximate surface area is 124 Å². The number of anilines is 1. The standard InChI is InChI=1S/C15H23N5O/c1-19-2-3-20-11(8-19)7-14(18-20)17-15(21)10-4-9-6-13(16)12(9)5-10/h7,9-10,12-13H,2-6,8,16H2,1H3,(H,17,18,21)/t9-,10?,12-,13+/m1/s1. The van der Waals surface area contributed by atoms with Gasteiger partial charge in [-0.25, -0.2) is 0 Å². The van der Waals surface area contributed by atoms with Crippen molar-refractivity contribution in [1.82, 2.24) is 14.7 Å². The zero-order valence-corrected chi connectivity index (χ0v) is 12.5. The Morgan fingerprint density at radius 2 is 2.24 bits per heavy atom. The highest BCUT2D eigenvalue weighted by Crippen LogP contribution is 2.49. The molecule has 0 spiro atoms. The summed E-state index contributed by atoms with van der Waals surface area (Å²) in [7, 11) is 2.10. The number of nitrogens with two attached hydrogens (primary N) is 1. The van der Waals surface area contributed by atoms with Crippen molar-refractivity contribution in [2.24, 2.45) is 23.5 Å². The third-order valence-corrected chi connectivity index (χ3v) is 5.49. The predicted molar refractivity (Wildman–Crippen MR) is 79.5 cm³/mol. The van der Waals surface area contributed by atoms with Crippen molar-refractivity contribution in [3.63, 3.8) is 0 Å². The first kappa shape index (κ1) is 13.3. The fraction of sp³-hybridized carbons (Fsp3) is 0.733. The van der Waals surface area contributed by atoms with Crippen molar-refractivity contribution < 1.29 is 4.79 Å². The van der Waals surface area contributed by atoms with Crippen molar-refractivity contribution in [2.45, 2.75) is 38.4 Å². The van der Waals surface area contributed by atoms with Crippen LogP contribution in [0.15, 0.2) is 6.07 Å². The number of rotatable bonds is 2. The van der Waals surface area contributed by atoms with E-state index in [1.807, 2.05) is 10.7 Å². The van der Waals surface area contributed by atoms with Gasteiger partial charge in [-0.15, -0.1) is 0 Å². The van der Waals surface area contributed by atoms with Crippen molar-refractivity contribution in [3.8, 4) is 0 Å². The SMILES string of the molecule is CN1CCn2nc(NC(=O)C3C[C@@H]4C[C@H](N)[C@@H]4C3)cc2C1. The van der Waals surface area contributed by atoms with Crippen LogP contribution in [0.2, 0.25) is 0 Å². The van der Waals surface area contributed by atoms with Crippen molar-refractivity contribution in [3.05, 3.63) is 11.8 Å². The van der Waals surface area contributed by atoms with E-state index in [0.717, 1.165) is 38.9 Å². The van der Waals surface area contributed by atoms with E-state index in [9.17, 15) is 4.79 Å². The van der Waals surface area contributed by atoms with E-state index < -0.39 is 0 Å². The normalized spacial score (nSPS) is 35.0. The summed E-state index contributed by atoms with van der Waals surface area (Å²) in [5.74, 6) is 2.20. The van der Waals surface area contributed by atoms with Crippen LogP contribution < -0.4 is 11.1 Å². The lowest BCUT2D eigenvalue weighted by Crippen LogP contribution is -2.44. The first-order valence-corrected chi connectivity index (χ1v) is 7.92. The van der Waals surface area contributed by atoms with Gasteiger partial charge in [0, 0.05) is 31.1 Å². The fourth-order valence-electron chi connectivity index (χ4n) is 4.18. The molecule has 4 rings (SSSR count). The highest BCUT2D eigenvalue weighted by atomic mass is 16.2. The molecule has 3 N–H and O–H groups in total. The average Bonchev–Trinajstić information content (AvgIpc) is 2.98. The molecule has 0 aromatic carbocycles. The summed E-state index contributed by atoms with van der Waals surface area (Å²) in [6, 6.07) is 2.33. The molecule has 6 heteroatoms. The summed E-state index contributed by atoms with van der Waals surface area (Å²) in [6.45, 7) is 2.79. The lowest BCUT2D eigenvalue weighted by Gasteiger charge is -2.37. The number of fused-ring (bicyclic) bond motifs is 2. The Balaban J connectivity index is 1.41. The monoisotopic (exact) mass is 289 g/mol. The number of likely N-dealkylation sites (N-methyl/N-ethyl adjacent to an activating group) is 1. The number of carbonyl (C=O) groups is 1. The van der Waals surface area contributed by atoms with Gasteiger partial charge in [0.2, 0.25) is 5.91 Å². The molecule has 1 amide bonds. The summed E-state index contributed by atoms with van der Waals surface area (Å²) >= 11 is 0. The lowest BCUT2D eigenvalue weighted by atomic mass is 9.72. The molecule has 2 fully saturated rings. The maximum absolute atomic E-state index is 12.4. The molecule has 1 aromatic heterocycles. The molecular formula is C15H23N5O. The van der Waals surface area contributed by atoms with E-state index in [1.54, 1.807) is 0 Å². The van der Waals surface area contributed by atoms with Crippen LogP contribution in [-0.2, 0) is 17.9 Å². The first-order chi connectivity index (χ1) is 10.1. The van der Waals surface area contributed by atoms with Gasteiger partial charge in [0.05, 0.1) is 12.2 Å². The summed E-state index contributed by atoms with van der Waals surface area (Å²) < 4.78 is 2.00.